The molecule has 2 rings (SSSR count). The fourth-order valence-corrected chi connectivity index (χ4v) is 2.03. The molecule has 4 heteroatoms. The first-order chi connectivity index (χ1) is 8.79. The van der Waals surface area contributed by atoms with Crippen LogP contribution < -0.4 is 5.32 Å². The van der Waals surface area contributed by atoms with E-state index in [1.165, 1.54) is 5.56 Å². The fraction of sp³-hybridized carbons (Fsp3) is 0.286. The van der Waals surface area contributed by atoms with Gasteiger partial charge in [0.25, 0.3) is 0 Å². The molecule has 1 heterocycles. The lowest BCUT2D eigenvalue weighted by molar-refractivity contribution is 0.546. The van der Waals surface area contributed by atoms with E-state index in [9.17, 15) is 0 Å². The fourth-order valence-electron chi connectivity index (χ4n) is 1.90. The van der Waals surface area contributed by atoms with Gasteiger partial charge in [0.2, 0.25) is 0 Å². The molecular formula is C14H16ClN3. The molecule has 0 bridgehead atoms. The summed E-state index contributed by atoms with van der Waals surface area (Å²) in [7, 11) is 0. The molecule has 1 aromatic carbocycles. The van der Waals surface area contributed by atoms with Crippen LogP contribution in [-0.4, -0.2) is 16.5 Å². The van der Waals surface area contributed by atoms with Crippen molar-refractivity contribution in [3.63, 3.8) is 0 Å². The first-order valence-electron chi connectivity index (χ1n) is 6.02. The van der Waals surface area contributed by atoms with Crippen LogP contribution in [-0.2, 0) is 6.42 Å². The van der Waals surface area contributed by atoms with Gasteiger partial charge in [-0.25, -0.2) is 9.97 Å². The monoisotopic (exact) mass is 261 g/mol. The molecule has 2 aromatic rings. The lowest BCUT2D eigenvalue weighted by Crippen LogP contribution is -2.23. The largest absolute Gasteiger partial charge is 0.310 e. The van der Waals surface area contributed by atoms with Crippen molar-refractivity contribution in [2.45, 2.75) is 19.4 Å². The maximum absolute atomic E-state index is 5.89. The van der Waals surface area contributed by atoms with E-state index in [2.05, 4.69) is 34.3 Å². The third-order valence-corrected chi connectivity index (χ3v) is 3.04. The minimum atomic E-state index is 0.234. The molecule has 94 valence electrons. The average molecular weight is 262 g/mol. The minimum Gasteiger partial charge on any atom is -0.310 e. The Balaban J connectivity index is 2.14. The molecule has 3 nitrogen and oxygen atoms in total. The van der Waals surface area contributed by atoms with E-state index in [0.717, 1.165) is 23.6 Å². The van der Waals surface area contributed by atoms with Gasteiger partial charge in [-0.2, -0.15) is 0 Å². The van der Waals surface area contributed by atoms with Crippen LogP contribution in [0.5, 0.6) is 0 Å². The molecule has 0 amide bonds. The molecular weight excluding hydrogens is 246 g/mol. The highest BCUT2D eigenvalue weighted by molar-refractivity contribution is 6.30. The molecule has 0 saturated heterocycles. The first-order valence-corrected chi connectivity index (χ1v) is 6.40. The minimum absolute atomic E-state index is 0.234. The van der Waals surface area contributed by atoms with Gasteiger partial charge in [0.05, 0.1) is 0 Å². The summed E-state index contributed by atoms with van der Waals surface area (Å²) in [5.41, 5.74) is 2.35. The number of benzene rings is 1. The Kier molecular flexibility index (Phi) is 4.67. The zero-order valence-corrected chi connectivity index (χ0v) is 11.1. The quantitative estimate of drug-likeness (QED) is 0.899. The summed E-state index contributed by atoms with van der Waals surface area (Å²) in [4.78, 5) is 8.14. The molecule has 18 heavy (non-hydrogen) atoms. The number of aromatic nitrogens is 2. The lowest BCUT2D eigenvalue weighted by atomic mass is 10.0. The van der Waals surface area contributed by atoms with Crippen LogP contribution in [0.2, 0.25) is 5.02 Å². The number of nitrogens with one attached hydrogen (secondary N) is 1. The first kappa shape index (κ1) is 13.0. The van der Waals surface area contributed by atoms with Crippen molar-refractivity contribution < 1.29 is 0 Å². The highest BCUT2D eigenvalue weighted by atomic mass is 35.5. The van der Waals surface area contributed by atoms with Crippen LogP contribution in [0.25, 0.3) is 0 Å². The molecule has 1 N–H and O–H groups in total. The van der Waals surface area contributed by atoms with E-state index in [1.807, 2.05) is 24.5 Å². The van der Waals surface area contributed by atoms with Crippen molar-refractivity contribution in [2.24, 2.45) is 0 Å². The van der Waals surface area contributed by atoms with Crippen molar-refractivity contribution in [2.75, 3.05) is 6.54 Å². The number of likely N-dealkylation sites (N-methyl/N-ethyl adjacent to an activating group) is 1. The normalized spacial score (nSPS) is 12.3. The summed E-state index contributed by atoms with van der Waals surface area (Å²) in [6.45, 7) is 3.01. The van der Waals surface area contributed by atoms with Gasteiger partial charge in [-0.15, -0.1) is 0 Å². The summed E-state index contributed by atoms with van der Waals surface area (Å²) in [5.74, 6) is 0. The summed E-state index contributed by atoms with van der Waals surface area (Å²) in [6.07, 6.45) is 6.17. The summed E-state index contributed by atoms with van der Waals surface area (Å²) >= 11 is 5.89. The number of hydrogen-bond donors (Lipinski definition) is 1. The number of nitrogens with zero attached hydrogens (tertiary/aromatic N) is 2. The molecule has 0 aliphatic rings. The smallest absolute Gasteiger partial charge is 0.115 e. The molecule has 0 radical (unpaired) electrons. The second kappa shape index (κ2) is 6.47. The molecule has 0 aliphatic heterocycles. The van der Waals surface area contributed by atoms with Gasteiger partial charge >= 0.3 is 0 Å². The number of hydrogen-bond acceptors (Lipinski definition) is 3. The van der Waals surface area contributed by atoms with Crippen LogP contribution >= 0.6 is 11.6 Å². The van der Waals surface area contributed by atoms with E-state index < -0.39 is 0 Å². The molecule has 0 aliphatic carbocycles. The van der Waals surface area contributed by atoms with Crippen molar-refractivity contribution in [3.05, 3.63) is 59.1 Å². The standard InChI is InChI=1S/C14H16ClN3/c1-2-18-14(12-8-16-10-17-9-12)7-11-3-5-13(15)6-4-11/h3-6,8-10,14,18H,2,7H2,1H3. The van der Waals surface area contributed by atoms with E-state index in [1.54, 1.807) is 6.33 Å². The molecule has 1 aromatic heterocycles. The maximum atomic E-state index is 5.89. The predicted octanol–water partition coefficient (Wildman–Crippen LogP) is 3.02. The van der Waals surface area contributed by atoms with Gasteiger partial charge in [-0.05, 0) is 30.7 Å². The van der Waals surface area contributed by atoms with E-state index in [-0.39, 0.29) is 6.04 Å². The number of halogens is 1. The van der Waals surface area contributed by atoms with Crippen LogP contribution in [0.3, 0.4) is 0 Å². The molecule has 0 saturated carbocycles. The van der Waals surface area contributed by atoms with E-state index in [0.29, 0.717) is 0 Å². The Morgan fingerprint density at radius 3 is 2.44 bits per heavy atom. The predicted molar refractivity (Wildman–Crippen MR) is 73.6 cm³/mol. The summed E-state index contributed by atoms with van der Waals surface area (Å²) < 4.78 is 0. The average Bonchev–Trinajstić information content (AvgIpc) is 2.42. The van der Waals surface area contributed by atoms with Crippen molar-refractivity contribution in [3.8, 4) is 0 Å². The third-order valence-electron chi connectivity index (χ3n) is 2.79. The Morgan fingerprint density at radius 1 is 1.17 bits per heavy atom. The number of rotatable bonds is 5. The van der Waals surface area contributed by atoms with E-state index >= 15 is 0 Å². The third kappa shape index (κ3) is 3.52. The summed E-state index contributed by atoms with van der Waals surface area (Å²) in [5, 5.41) is 4.21. The molecule has 0 spiro atoms. The van der Waals surface area contributed by atoms with Gasteiger partial charge in [0.1, 0.15) is 6.33 Å². The van der Waals surface area contributed by atoms with Crippen LogP contribution in [0.4, 0.5) is 0 Å². The van der Waals surface area contributed by atoms with Gasteiger partial charge < -0.3 is 5.32 Å². The highest BCUT2D eigenvalue weighted by Crippen LogP contribution is 2.18. The topological polar surface area (TPSA) is 37.8 Å². The Bertz CT molecular complexity index is 470. The Morgan fingerprint density at radius 2 is 1.83 bits per heavy atom. The van der Waals surface area contributed by atoms with Crippen molar-refractivity contribution in [1.29, 1.82) is 0 Å². The second-order valence-electron chi connectivity index (χ2n) is 4.11. The van der Waals surface area contributed by atoms with Crippen LogP contribution in [0, 0.1) is 0 Å². The highest BCUT2D eigenvalue weighted by Gasteiger charge is 2.11. The summed E-state index contributed by atoms with van der Waals surface area (Å²) in [6, 6.07) is 8.17. The van der Waals surface area contributed by atoms with Gasteiger partial charge in [0, 0.05) is 29.0 Å². The zero-order chi connectivity index (χ0) is 12.8. The van der Waals surface area contributed by atoms with Crippen molar-refractivity contribution >= 4 is 11.6 Å². The Hall–Kier alpha value is -1.45. The van der Waals surface area contributed by atoms with Gasteiger partial charge in [-0.3, -0.25) is 0 Å². The van der Waals surface area contributed by atoms with Crippen LogP contribution in [0.15, 0.2) is 43.0 Å². The molecule has 1 unspecified atom stereocenters. The van der Waals surface area contributed by atoms with Gasteiger partial charge in [0.15, 0.2) is 0 Å². The molecule has 0 fully saturated rings. The lowest BCUT2D eigenvalue weighted by Gasteiger charge is -2.17. The maximum Gasteiger partial charge on any atom is 0.115 e. The SMILES string of the molecule is CCNC(Cc1ccc(Cl)cc1)c1cncnc1. The van der Waals surface area contributed by atoms with Gasteiger partial charge in [-0.1, -0.05) is 30.7 Å². The second-order valence-corrected chi connectivity index (χ2v) is 4.55. The Labute approximate surface area is 112 Å². The molecule has 1 atom stereocenters. The van der Waals surface area contributed by atoms with E-state index in [4.69, 9.17) is 11.6 Å². The van der Waals surface area contributed by atoms with Crippen molar-refractivity contribution in [1.82, 2.24) is 15.3 Å². The zero-order valence-electron chi connectivity index (χ0n) is 10.3. The van der Waals surface area contributed by atoms with Crippen LogP contribution in [0.1, 0.15) is 24.1 Å².